The Morgan fingerprint density at radius 3 is 2.29 bits per heavy atom. The number of hydrogen-bond acceptors (Lipinski definition) is 5. The van der Waals surface area contributed by atoms with E-state index in [4.69, 9.17) is 21.1 Å². The first-order chi connectivity index (χ1) is 9.98. The number of fused-ring (bicyclic) bond motifs is 2. The number of halogens is 1. The van der Waals surface area contributed by atoms with Crippen molar-refractivity contribution in [1.29, 1.82) is 0 Å². The minimum atomic E-state index is -1.25. The summed E-state index contributed by atoms with van der Waals surface area (Å²) in [6.45, 7) is 0. The van der Waals surface area contributed by atoms with Gasteiger partial charge >= 0.3 is 11.9 Å². The largest absolute Gasteiger partial charge is 0.469 e. The maximum absolute atomic E-state index is 12.4. The van der Waals surface area contributed by atoms with Crippen LogP contribution in [0.25, 0.3) is 0 Å². The highest BCUT2D eigenvalue weighted by molar-refractivity contribution is 6.31. The predicted octanol–water partition coefficient (Wildman–Crippen LogP) is 1.12. The van der Waals surface area contributed by atoms with Crippen LogP contribution >= 0.6 is 11.6 Å². The average Bonchev–Trinajstić information content (AvgIpc) is 3.08. The summed E-state index contributed by atoms with van der Waals surface area (Å²) in [5, 5.41) is 3.12. The number of ether oxygens (including phenoxy) is 2. The predicted molar refractivity (Wildman–Crippen MR) is 72.8 cm³/mol. The van der Waals surface area contributed by atoms with Gasteiger partial charge in [0.2, 0.25) is 5.91 Å². The molecule has 1 aromatic carbocycles. The van der Waals surface area contributed by atoms with Crippen LogP contribution in [0.4, 0.5) is 5.69 Å². The van der Waals surface area contributed by atoms with E-state index in [1.165, 1.54) is 14.2 Å². The van der Waals surface area contributed by atoms with Crippen molar-refractivity contribution in [2.45, 2.75) is 5.41 Å². The van der Waals surface area contributed by atoms with E-state index in [9.17, 15) is 14.4 Å². The summed E-state index contributed by atoms with van der Waals surface area (Å²) in [5.41, 5.74) is -0.171. The third-order valence-corrected chi connectivity index (χ3v) is 4.40. The second kappa shape index (κ2) is 4.46. The summed E-state index contributed by atoms with van der Waals surface area (Å²) in [6, 6.07) is 4.85. The van der Waals surface area contributed by atoms with Gasteiger partial charge in [0.15, 0.2) is 0 Å². The molecule has 1 spiro atoms. The monoisotopic (exact) mass is 309 g/mol. The second-order valence-corrected chi connectivity index (χ2v) is 5.45. The quantitative estimate of drug-likeness (QED) is 0.828. The minimum Gasteiger partial charge on any atom is -0.469 e. The third-order valence-electron chi connectivity index (χ3n) is 4.17. The van der Waals surface area contributed by atoms with Crippen LogP contribution in [0.15, 0.2) is 18.2 Å². The van der Waals surface area contributed by atoms with Crippen molar-refractivity contribution in [2.75, 3.05) is 19.5 Å². The van der Waals surface area contributed by atoms with Gasteiger partial charge < -0.3 is 14.8 Å². The molecule has 0 unspecified atom stereocenters. The molecule has 21 heavy (non-hydrogen) atoms. The van der Waals surface area contributed by atoms with Crippen LogP contribution in [0.5, 0.6) is 0 Å². The number of carbonyl (C=O) groups excluding carboxylic acids is 3. The Morgan fingerprint density at radius 1 is 1.19 bits per heavy atom. The van der Waals surface area contributed by atoms with E-state index in [1.54, 1.807) is 18.2 Å². The van der Waals surface area contributed by atoms with E-state index in [1.807, 2.05) is 0 Å². The van der Waals surface area contributed by atoms with Gasteiger partial charge in [-0.2, -0.15) is 0 Å². The normalized spacial score (nSPS) is 28.8. The SMILES string of the molecule is COC(=O)[C@H]1[C@H](C(=O)OC)C12C(=O)Nc1cc(Cl)ccc12. The maximum atomic E-state index is 12.4. The number of anilines is 1. The number of nitrogens with one attached hydrogen (secondary N) is 1. The van der Waals surface area contributed by atoms with Gasteiger partial charge in [0, 0.05) is 10.7 Å². The Labute approximate surface area is 125 Å². The molecule has 2 aliphatic rings. The number of esters is 2. The van der Waals surface area contributed by atoms with Gasteiger partial charge in [0.25, 0.3) is 0 Å². The smallest absolute Gasteiger partial charge is 0.311 e. The van der Waals surface area contributed by atoms with Crippen molar-refractivity contribution in [3.05, 3.63) is 28.8 Å². The van der Waals surface area contributed by atoms with Crippen LogP contribution in [0.3, 0.4) is 0 Å². The number of rotatable bonds is 2. The molecule has 1 aliphatic heterocycles. The molecule has 1 heterocycles. The highest BCUT2D eigenvalue weighted by Gasteiger charge is 2.80. The molecule has 0 radical (unpaired) electrons. The molecular weight excluding hydrogens is 298 g/mol. The summed E-state index contributed by atoms with van der Waals surface area (Å²) in [6.07, 6.45) is 0. The van der Waals surface area contributed by atoms with Gasteiger partial charge in [0.1, 0.15) is 5.41 Å². The van der Waals surface area contributed by atoms with E-state index in [-0.39, 0.29) is 0 Å². The maximum Gasteiger partial charge on any atom is 0.311 e. The van der Waals surface area contributed by atoms with Crippen molar-refractivity contribution in [2.24, 2.45) is 11.8 Å². The standard InChI is InChI=1S/C14H12ClNO5/c1-20-11(17)9-10(12(18)21-2)14(9)7-4-3-6(15)5-8(7)16-13(14)19/h3-5,9-10H,1-2H3,(H,16,19)/t9-,10-/m1/s1. The zero-order valence-electron chi connectivity index (χ0n) is 11.3. The first-order valence-corrected chi connectivity index (χ1v) is 6.63. The van der Waals surface area contributed by atoms with E-state index < -0.39 is 35.1 Å². The van der Waals surface area contributed by atoms with Crippen LogP contribution < -0.4 is 5.32 Å². The zero-order chi connectivity index (χ0) is 15.4. The Balaban J connectivity index is 2.14. The van der Waals surface area contributed by atoms with Gasteiger partial charge in [-0.25, -0.2) is 0 Å². The van der Waals surface area contributed by atoms with Crippen LogP contribution in [0.2, 0.25) is 5.02 Å². The van der Waals surface area contributed by atoms with Gasteiger partial charge in [-0.1, -0.05) is 17.7 Å². The molecule has 3 rings (SSSR count). The van der Waals surface area contributed by atoms with Crippen LogP contribution in [-0.4, -0.2) is 32.1 Å². The zero-order valence-corrected chi connectivity index (χ0v) is 12.1. The molecule has 1 aliphatic carbocycles. The first kappa shape index (κ1) is 13.9. The summed E-state index contributed by atoms with van der Waals surface area (Å²) >= 11 is 5.90. The van der Waals surface area contributed by atoms with Crippen LogP contribution in [0.1, 0.15) is 5.56 Å². The molecule has 1 aromatic rings. The number of amides is 1. The van der Waals surface area contributed by atoms with Crippen molar-refractivity contribution in [3.63, 3.8) is 0 Å². The topological polar surface area (TPSA) is 81.7 Å². The third kappa shape index (κ3) is 1.62. The molecule has 1 amide bonds. The summed E-state index contributed by atoms with van der Waals surface area (Å²) < 4.78 is 9.44. The molecule has 7 heteroatoms. The fraction of sp³-hybridized carbons (Fsp3) is 0.357. The Bertz CT molecular complexity index is 649. The van der Waals surface area contributed by atoms with Crippen molar-refractivity contribution in [3.8, 4) is 0 Å². The second-order valence-electron chi connectivity index (χ2n) is 5.01. The molecule has 1 N–H and O–H groups in total. The van der Waals surface area contributed by atoms with Gasteiger partial charge in [-0.05, 0) is 17.7 Å². The highest BCUT2D eigenvalue weighted by atomic mass is 35.5. The van der Waals surface area contributed by atoms with E-state index in [0.29, 0.717) is 16.3 Å². The number of benzene rings is 1. The van der Waals surface area contributed by atoms with Crippen LogP contribution in [-0.2, 0) is 29.3 Å². The summed E-state index contributed by atoms with van der Waals surface area (Å²) in [4.78, 5) is 36.3. The van der Waals surface area contributed by atoms with E-state index >= 15 is 0 Å². The number of methoxy groups -OCH3 is 2. The molecule has 0 bridgehead atoms. The molecule has 6 nitrogen and oxygen atoms in total. The van der Waals surface area contributed by atoms with Crippen molar-refractivity contribution < 1.29 is 23.9 Å². The number of carbonyl (C=O) groups is 3. The van der Waals surface area contributed by atoms with Crippen molar-refractivity contribution in [1.82, 2.24) is 0 Å². The molecule has 1 saturated carbocycles. The molecular formula is C14H12ClNO5. The average molecular weight is 310 g/mol. The summed E-state index contributed by atoms with van der Waals surface area (Å²) in [5.74, 6) is -3.38. The lowest BCUT2D eigenvalue weighted by Crippen LogP contribution is -2.26. The molecule has 2 atom stereocenters. The molecule has 0 saturated heterocycles. The first-order valence-electron chi connectivity index (χ1n) is 6.25. The lowest BCUT2D eigenvalue weighted by Gasteiger charge is -2.08. The highest BCUT2D eigenvalue weighted by Crippen LogP contribution is 2.65. The Kier molecular flexibility index (Phi) is 2.95. The van der Waals surface area contributed by atoms with Gasteiger partial charge in [-0.15, -0.1) is 0 Å². The van der Waals surface area contributed by atoms with Crippen LogP contribution in [0, 0.1) is 11.8 Å². The lowest BCUT2D eigenvalue weighted by molar-refractivity contribution is -0.148. The Hall–Kier alpha value is -2.08. The van der Waals surface area contributed by atoms with E-state index in [0.717, 1.165) is 0 Å². The van der Waals surface area contributed by atoms with Crippen molar-refractivity contribution >= 4 is 35.1 Å². The fourth-order valence-corrected chi connectivity index (χ4v) is 3.40. The van der Waals surface area contributed by atoms with Gasteiger partial charge in [-0.3, -0.25) is 14.4 Å². The Morgan fingerprint density at radius 2 is 1.76 bits per heavy atom. The molecule has 0 aromatic heterocycles. The van der Waals surface area contributed by atoms with E-state index in [2.05, 4.69) is 5.32 Å². The lowest BCUT2D eigenvalue weighted by atomic mass is 9.93. The number of hydrogen-bond donors (Lipinski definition) is 1. The molecule has 1 fully saturated rings. The fourth-order valence-electron chi connectivity index (χ4n) is 3.23. The summed E-state index contributed by atoms with van der Waals surface area (Å²) in [7, 11) is 2.44. The minimum absolute atomic E-state index is 0.412. The van der Waals surface area contributed by atoms with Gasteiger partial charge in [0.05, 0.1) is 26.1 Å². The molecule has 110 valence electrons.